The van der Waals surface area contributed by atoms with Crippen LogP contribution < -0.4 is 10.7 Å². The molecule has 2 amide bonds. The lowest BCUT2D eigenvalue weighted by Gasteiger charge is -2.06. The number of hydrazone groups is 1. The normalized spacial score (nSPS) is 10.9. The van der Waals surface area contributed by atoms with Gasteiger partial charge in [-0.05, 0) is 41.1 Å². The van der Waals surface area contributed by atoms with Gasteiger partial charge in [-0.2, -0.15) is 5.10 Å². The minimum atomic E-state index is -0.540. The molecule has 3 aromatic rings. The lowest BCUT2D eigenvalue weighted by Crippen LogP contribution is -2.34. The molecule has 0 unspecified atom stereocenters. The first-order valence-electron chi connectivity index (χ1n) is 8.11. The van der Waals surface area contributed by atoms with E-state index in [1.807, 2.05) is 24.3 Å². The number of phenolic OH excluding ortho intramolecular Hbond substituents is 1. The fourth-order valence-electron chi connectivity index (χ4n) is 2.49. The number of rotatable bonds is 5. The van der Waals surface area contributed by atoms with Crippen molar-refractivity contribution in [2.24, 2.45) is 5.10 Å². The van der Waals surface area contributed by atoms with Gasteiger partial charge in [0, 0.05) is 11.1 Å². The minimum absolute atomic E-state index is 0.0383. The van der Waals surface area contributed by atoms with Gasteiger partial charge in [0.25, 0.3) is 11.8 Å². The van der Waals surface area contributed by atoms with Gasteiger partial charge in [-0.25, -0.2) is 9.82 Å². The molecule has 0 saturated heterocycles. The second-order valence-electron chi connectivity index (χ2n) is 5.70. The fourth-order valence-corrected chi connectivity index (χ4v) is 2.49. The van der Waals surface area contributed by atoms with E-state index in [1.54, 1.807) is 12.1 Å². The summed E-state index contributed by atoms with van der Waals surface area (Å²) in [7, 11) is 0. The molecule has 0 saturated carbocycles. The second-order valence-corrected chi connectivity index (χ2v) is 5.70. The molecule has 0 aliphatic carbocycles. The summed E-state index contributed by atoms with van der Waals surface area (Å²) in [5.74, 6) is -1.45. The number of hydrogen-bond acceptors (Lipinski definition) is 4. The van der Waals surface area contributed by atoms with Crippen LogP contribution in [-0.4, -0.2) is 29.7 Å². The van der Waals surface area contributed by atoms with Crippen molar-refractivity contribution in [2.45, 2.75) is 0 Å². The number of halogens is 1. The predicted octanol–water partition coefficient (Wildman–Crippen LogP) is 2.56. The maximum atomic E-state index is 12.8. The molecule has 3 aromatic carbocycles. The number of phenols is 1. The van der Waals surface area contributed by atoms with Crippen molar-refractivity contribution in [3.63, 3.8) is 0 Å². The maximum absolute atomic E-state index is 12.8. The lowest BCUT2D eigenvalue weighted by molar-refractivity contribution is -0.120. The first-order chi connectivity index (χ1) is 13.0. The predicted molar refractivity (Wildman–Crippen MR) is 100 cm³/mol. The Kier molecular flexibility index (Phi) is 5.41. The molecule has 6 nitrogen and oxygen atoms in total. The Morgan fingerprint density at radius 1 is 1.04 bits per heavy atom. The Hall–Kier alpha value is -3.74. The van der Waals surface area contributed by atoms with E-state index < -0.39 is 17.6 Å². The van der Waals surface area contributed by atoms with Crippen LogP contribution in [0.1, 0.15) is 15.9 Å². The van der Waals surface area contributed by atoms with E-state index in [9.17, 15) is 19.1 Å². The van der Waals surface area contributed by atoms with Crippen LogP contribution in [0.5, 0.6) is 5.75 Å². The van der Waals surface area contributed by atoms with Gasteiger partial charge in [-0.15, -0.1) is 0 Å². The summed E-state index contributed by atoms with van der Waals surface area (Å²) in [4.78, 5) is 23.7. The van der Waals surface area contributed by atoms with Gasteiger partial charge < -0.3 is 10.4 Å². The first kappa shape index (κ1) is 18.1. The number of aromatic hydroxyl groups is 1. The molecule has 0 aliphatic rings. The molecule has 0 fully saturated rings. The molecule has 0 bridgehead atoms. The number of nitrogens with one attached hydrogen (secondary N) is 2. The highest BCUT2D eigenvalue weighted by Gasteiger charge is 2.08. The zero-order chi connectivity index (χ0) is 19.2. The number of fused-ring (bicyclic) bond motifs is 1. The van der Waals surface area contributed by atoms with Crippen molar-refractivity contribution < 1.29 is 19.1 Å². The van der Waals surface area contributed by atoms with E-state index >= 15 is 0 Å². The Balaban J connectivity index is 1.59. The maximum Gasteiger partial charge on any atom is 0.259 e. The third-order valence-electron chi connectivity index (χ3n) is 3.85. The van der Waals surface area contributed by atoms with E-state index in [2.05, 4.69) is 15.8 Å². The molecule has 0 atom stereocenters. The van der Waals surface area contributed by atoms with E-state index in [0.29, 0.717) is 5.56 Å². The van der Waals surface area contributed by atoms with Crippen LogP contribution in [0.15, 0.2) is 65.8 Å². The van der Waals surface area contributed by atoms with Gasteiger partial charge in [0.1, 0.15) is 11.6 Å². The monoisotopic (exact) mass is 365 g/mol. The zero-order valence-electron chi connectivity index (χ0n) is 14.1. The molecule has 0 aliphatic heterocycles. The highest BCUT2D eigenvalue weighted by atomic mass is 19.1. The molecular weight excluding hydrogens is 349 g/mol. The molecule has 7 heteroatoms. The largest absolute Gasteiger partial charge is 0.507 e. The number of carbonyl (C=O) groups excluding carboxylic acids is 2. The van der Waals surface area contributed by atoms with Gasteiger partial charge in [0.15, 0.2) is 0 Å². The zero-order valence-corrected chi connectivity index (χ0v) is 14.1. The average Bonchev–Trinajstić information content (AvgIpc) is 2.68. The molecule has 27 heavy (non-hydrogen) atoms. The molecule has 0 spiro atoms. The van der Waals surface area contributed by atoms with Crippen molar-refractivity contribution >= 4 is 28.8 Å². The summed E-state index contributed by atoms with van der Waals surface area (Å²) in [5, 5.41) is 18.0. The SMILES string of the molecule is O=C(CNC(=O)c1ccc(F)cc1)N/N=C/c1c(O)ccc2ccccc12. The van der Waals surface area contributed by atoms with E-state index in [-0.39, 0.29) is 17.9 Å². The molecule has 136 valence electrons. The average molecular weight is 365 g/mol. The van der Waals surface area contributed by atoms with Crippen molar-refractivity contribution in [1.29, 1.82) is 0 Å². The van der Waals surface area contributed by atoms with Crippen LogP contribution in [-0.2, 0) is 4.79 Å². The van der Waals surface area contributed by atoms with Crippen LogP contribution in [0.3, 0.4) is 0 Å². The highest BCUT2D eigenvalue weighted by Crippen LogP contribution is 2.25. The summed E-state index contributed by atoms with van der Waals surface area (Å²) in [5.41, 5.74) is 3.00. The molecule has 3 N–H and O–H groups in total. The Labute approximate surface area is 154 Å². The van der Waals surface area contributed by atoms with Crippen LogP contribution in [0, 0.1) is 5.82 Å². The van der Waals surface area contributed by atoms with Crippen molar-refractivity contribution in [1.82, 2.24) is 10.7 Å². The minimum Gasteiger partial charge on any atom is -0.507 e. The first-order valence-corrected chi connectivity index (χ1v) is 8.11. The Morgan fingerprint density at radius 3 is 2.56 bits per heavy atom. The van der Waals surface area contributed by atoms with Crippen LogP contribution in [0.4, 0.5) is 4.39 Å². The smallest absolute Gasteiger partial charge is 0.259 e. The molecular formula is C20H16FN3O3. The van der Waals surface area contributed by atoms with E-state index in [0.717, 1.165) is 22.9 Å². The standard InChI is InChI=1S/C20H16FN3O3/c21-15-8-5-14(6-9-15)20(27)22-12-19(26)24-23-11-17-16-4-2-1-3-13(16)7-10-18(17)25/h1-11,25H,12H2,(H,22,27)(H,24,26)/b23-11+. The number of carbonyl (C=O) groups is 2. The number of nitrogens with zero attached hydrogens (tertiary/aromatic N) is 1. The highest BCUT2D eigenvalue weighted by molar-refractivity contribution is 6.02. The molecule has 0 heterocycles. The van der Waals surface area contributed by atoms with E-state index in [4.69, 9.17) is 0 Å². The van der Waals surface area contributed by atoms with Gasteiger partial charge >= 0.3 is 0 Å². The van der Waals surface area contributed by atoms with Crippen molar-refractivity contribution in [2.75, 3.05) is 6.54 Å². The van der Waals surface area contributed by atoms with Gasteiger partial charge in [0.2, 0.25) is 0 Å². The summed E-state index contributed by atoms with van der Waals surface area (Å²) in [6.07, 6.45) is 1.34. The van der Waals surface area contributed by atoms with Crippen LogP contribution in [0.25, 0.3) is 10.8 Å². The summed E-state index contributed by atoms with van der Waals surface area (Å²) in [6, 6.07) is 15.8. The third kappa shape index (κ3) is 4.46. The topological polar surface area (TPSA) is 90.8 Å². The summed E-state index contributed by atoms with van der Waals surface area (Å²) >= 11 is 0. The lowest BCUT2D eigenvalue weighted by atomic mass is 10.0. The molecule has 3 rings (SSSR count). The summed E-state index contributed by atoms with van der Waals surface area (Å²) in [6.45, 7) is -0.297. The van der Waals surface area contributed by atoms with Crippen LogP contribution >= 0.6 is 0 Å². The van der Waals surface area contributed by atoms with Gasteiger partial charge in [-0.3, -0.25) is 9.59 Å². The van der Waals surface area contributed by atoms with Crippen LogP contribution in [0.2, 0.25) is 0 Å². The van der Waals surface area contributed by atoms with Gasteiger partial charge in [0.05, 0.1) is 12.8 Å². The van der Waals surface area contributed by atoms with Crippen molar-refractivity contribution in [3.05, 3.63) is 77.6 Å². The van der Waals surface area contributed by atoms with E-state index in [1.165, 1.54) is 18.3 Å². The van der Waals surface area contributed by atoms with Gasteiger partial charge in [-0.1, -0.05) is 30.3 Å². The quantitative estimate of drug-likeness (QED) is 0.479. The Bertz CT molecular complexity index is 1020. The van der Waals surface area contributed by atoms with Crippen molar-refractivity contribution in [3.8, 4) is 5.75 Å². The second kappa shape index (κ2) is 8.09. The number of benzene rings is 3. The number of amides is 2. The summed E-state index contributed by atoms with van der Waals surface area (Å²) < 4.78 is 12.8. The Morgan fingerprint density at radius 2 is 1.78 bits per heavy atom. The molecule has 0 aromatic heterocycles. The molecule has 0 radical (unpaired) electrons. The fraction of sp³-hybridized carbons (Fsp3) is 0.0500. The number of hydrogen-bond donors (Lipinski definition) is 3. The third-order valence-corrected chi connectivity index (χ3v) is 3.85.